The van der Waals surface area contributed by atoms with Crippen molar-refractivity contribution in [3.05, 3.63) is 119 Å². The number of aryl methyl sites for hydroxylation is 2. The maximum Gasteiger partial charge on any atom is 0.219 e. The minimum absolute atomic E-state index is 0.0555. The van der Waals surface area contributed by atoms with Crippen LogP contribution in [0.25, 0.3) is 22.0 Å². The van der Waals surface area contributed by atoms with E-state index >= 15 is 0 Å². The van der Waals surface area contributed by atoms with Crippen LogP contribution < -0.4 is 4.74 Å². The van der Waals surface area contributed by atoms with E-state index in [1.54, 1.807) is 30.3 Å². The smallest absolute Gasteiger partial charge is 0.219 e. The van der Waals surface area contributed by atoms with Crippen molar-refractivity contribution in [3.8, 4) is 28.5 Å². The monoisotopic (exact) mass is 548 g/mol. The van der Waals surface area contributed by atoms with Gasteiger partial charge in [-0.3, -0.25) is 0 Å². The highest BCUT2D eigenvalue weighted by molar-refractivity contribution is 5.97. The van der Waals surface area contributed by atoms with Crippen LogP contribution in [-0.2, 0) is 11.2 Å². The molecule has 0 saturated carbocycles. The van der Waals surface area contributed by atoms with Gasteiger partial charge in [-0.1, -0.05) is 24.3 Å². The molecular formula is C34H26F2N2O3. The highest BCUT2D eigenvalue weighted by Gasteiger charge is 2.47. The SMILES string of the molecule is Cc1cc(O)c2nc(Oc3cc(C4=N[C@H]5c6ccccc6CC[C@@]5(C)O4)cc(-c4cc(F)cc(F)c4)c3)ccc2c1. The van der Waals surface area contributed by atoms with E-state index in [4.69, 9.17) is 14.5 Å². The van der Waals surface area contributed by atoms with E-state index in [1.165, 1.54) is 17.7 Å². The maximum absolute atomic E-state index is 14.2. The fraction of sp³-hybridized carbons (Fsp3) is 0.176. The molecule has 1 aromatic heterocycles. The first-order valence-electron chi connectivity index (χ1n) is 13.5. The third kappa shape index (κ3) is 4.57. The van der Waals surface area contributed by atoms with Gasteiger partial charge in [0.05, 0.1) is 0 Å². The Hall–Kier alpha value is -4.78. The first kappa shape index (κ1) is 25.2. The lowest BCUT2D eigenvalue weighted by molar-refractivity contribution is 0.0603. The van der Waals surface area contributed by atoms with Crippen molar-refractivity contribution < 1.29 is 23.4 Å². The summed E-state index contributed by atoms with van der Waals surface area (Å²) in [5.74, 6) is -0.224. The number of nitrogens with zero attached hydrogens (tertiary/aromatic N) is 2. The number of phenolic OH excluding ortho intramolecular Hbond substituents is 1. The van der Waals surface area contributed by atoms with Crippen LogP contribution in [0.5, 0.6) is 17.4 Å². The standard InChI is InChI=1S/C34H26F2N2O3/c1-19-11-21-7-8-30(37-31(21)29(39)12-19)40-27-16-22(23-14-25(35)18-26(36)15-23)13-24(17-27)33-38-32-28-6-4-3-5-20(28)9-10-34(32,2)41-33/h3-8,11-18,32,39H,9-10H2,1-2H3/t32-,34+/m0/s1. The van der Waals surface area contributed by atoms with Crippen LogP contribution >= 0.6 is 0 Å². The van der Waals surface area contributed by atoms with Gasteiger partial charge in [-0.15, -0.1) is 0 Å². The molecule has 204 valence electrons. The summed E-state index contributed by atoms with van der Waals surface area (Å²) in [5.41, 5.74) is 4.72. The van der Waals surface area contributed by atoms with Gasteiger partial charge >= 0.3 is 0 Å². The summed E-state index contributed by atoms with van der Waals surface area (Å²) in [6, 6.07) is 23.9. The summed E-state index contributed by atoms with van der Waals surface area (Å²) >= 11 is 0. The number of ether oxygens (including phenoxy) is 2. The van der Waals surface area contributed by atoms with Gasteiger partial charge in [-0.2, -0.15) is 0 Å². The Morgan fingerprint density at radius 2 is 1.66 bits per heavy atom. The first-order chi connectivity index (χ1) is 19.7. The fourth-order valence-corrected chi connectivity index (χ4v) is 5.88. The quantitative estimate of drug-likeness (QED) is 0.246. The second-order valence-electron chi connectivity index (χ2n) is 11.0. The van der Waals surface area contributed by atoms with Crippen LogP contribution in [0.2, 0.25) is 0 Å². The van der Waals surface area contributed by atoms with Gasteiger partial charge in [0.25, 0.3) is 0 Å². The van der Waals surface area contributed by atoms with E-state index in [9.17, 15) is 13.9 Å². The number of rotatable bonds is 4. The zero-order valence-electron chi connectivity index (χ0n) is 22.5. The molecule has 7 heteroatoms. The summed E-state index contributed by atoms with van der Waals surface area (Å²) in [6.07, 6.45) is 1.70. The number of pyridine rings is 1. The van der Waals surface area contributed by atoms with Gasteiger partial charge < -0.3 is 14.6 Å². The summed E-state index contributed by atoms with van der Waals surface area (Å²) in [6.45, 7) is 3.97. The molecule has 1 aliphatic carbocycles. The van der Waals surface area contributed by atoms with Crippen LogP contribution in [0.15, 0.2) is 89.9 Å². The molecule has 0 amide bonds. The predicted octanol–water partition coefficient (Wildman–Crippen LogP) is 8.21. The molecule has 2 heterocycles. The van der Waals surface area contributed by atoms with E-state index in [0.717, 1.165) is 35.4 Å². The van der Waals surface area contributed by atoms with Crippen molar-refractivity contribution in [1.29, 1.82) is 0 Å². The zero-order chi connectivity index (χ0) is 28.3. The van der Waals surface area contributed by atoms with E-state index < -0.39 is 17.2 Å². The summed E-state index contributed by atoms with van der Waals surface area (Å²) in [5, 5.41) is 11.2. The number of aromatic nitrogens is 1. The molecule has 2 aliphatic rings. The molecule has 0 bridgehead atoms. The van der Waals surface area contributed by atoms with Crippen LogP contribution in [0.4, 0.5) is 8.78 Å². The van der Waals surface area contributed by atoms with Crippen LogP contribution in [-0.4, -0.2) is 21.6 Å². The summed E-state index contributed by atoms with van der Waals surface area (Å²) < 4.78 is 41.1. The number of halogens is 2. The van der Waals surface area contributed by atoms with Crippen molar-refractivity contribution in [2.24, 2.45) is 4.99 Å². The number of phenols is 1. The largest absolute Gasteiger partial charge is 0.506 e. The molecule has 5 nitrogen and oxygen atoms in total. The lowest BCUT2D eigenvalue weighted by Crippen LogP contribution is -2.36. The Morgan fingerprint density at radius 1 is 0.902 bits per heavy atom. The van der Waals surface area contributed by atoms with E-state index in [2.05, 4.69) is 24.0 Å². The van der Waals surface area contributed by atoms with Crippen molar-refractivity contribution in [3.63, 3.8) is 0 Å². The van der Waals surface area contributed by atoms with Crippen molar-refractivity contribution in [1.82, 2.24) is 4.98 Å². The molecule has 41 heavy (non-hydrogen) atoms. The van der Waals surface area contributed by atoms with Gasteiger partial charge in [0.1, 0.15) is 40.3 Å². The lowest BCUT2D eigenvalue weighted by Gasteiger charge is -2.35. The first-order valence-corrected chi connectivity index (χ1v) is 13.5. The molecule has 1 aliphatic heterocycles. The Bertz CT molecular complexity index is 1870. The van der Waals surface area contributed by atoms with Crippen molar-refractivity contribution in [2.75, 3.05) is 0 Å². The molecule has 0 spiro atoms. The minimum Gasteiger partial charge on any atom is -0.506 e. The fourth-order valence-electron chi connectivity index (χ4n) is 5.88. The number of benzene rings is 4. The maximum atomic E-state index is 14.2. The Morgan fingerprint density at radius 3 is 2.49 bits per heavy atom. The van der Waals surface area contributed by atoms with Crippen molar-refractivity contribution in [2.45, 2.75) is 38.3 Å². The predicted molar refractivity (Wildman–Crippen MR) is 154 cm³/mol. The highest BCUT2D eigenvalue weighted by Crippen LogP contribution is 2.47. The summed E-state index contributed by atoms with van der Waals surface area (Å²) in [4.78, 5) is 9.52. The van der Waals surface area contributed by atoms with Gasteiger partial charge in [-0.25, -0.2) is 18.8 Å². The topological polar surface area (TPSA) is 63.9 Å². The molecule has 0 unspecified atom stereocenters. The van der Waals surface area contributed by atoms with E-state index in [-0.39, 0.29) is 17.7 Å². The van der Waals surface area contributed by atoms with E-state index in [1.807, 2.05) is 31.2 Å². The third-order valence-corrected chi connectivity index (χ3v) is 7.86. The normalized spacial score (nSPS) is 19.3. The third-order valence-electron chi connectivity index (χ3n) is 7.86. The molecule has 1 N–H and O–H groups in total. The average Bonchev–Trinajstić information content (AvgIpc) is 3.31. The molecule has 5 aromatic rings. The Labute approximate surface area is 235 Å². The van der Waals surface area contributed by atoms with Gasteiger partial charge in [0, 0.05) is 23.1 Å². The number of fused-ring (bicyclic) bond motifs is 4. The number of hydrogen-bond donors (Lipinski definition) is 1. The number of aliphatic imine (C=N–C) groups is 1. The molecule has 4 aromatic carbocycles. The molecule has 2 atom stereocenters. The van der Waals surface area contributed by atoms with Gasteiger partial charge in [0.2, 0.25) is 11.8 Å². The van der Waals surface area contributed by atoms with Gasteiger partial charge in [-0.05, 0) is 103 Å². The Kier molecular flexibility index (Phi) is 5.78. The second kappa shape index (κ2) is 9.41. The average molecular weight is 549 g/mol. The van der Waals surface area contributed by atoms with Gasteiger partial charge in [0.15, 0.2) is 0 Å². The number of aromatic hydroxyl groups is 1. The molecule has 0 radical (unpaired) electrons. The van der Waals surface area contributed by atoms with Crippen LogP contribution in [0, 0.1) is 18.6 Å². The second-order valence-corrected chi connectivity index (χ2v) is 11.0. The molecular weight excluding hydrogens is 522 g/mol. The zero-order valence-corrected chi connectivity index (χ0v) is 22.5. The highest BCUT2D eigenvalue weighted by atomic mass is 19.1. The van der Waals surface area contributed by atoms with Crippen molar-refractivity contribution >= 4 is 16.8 Å². The summed E-state index contributed by atoms with van der Waals surface area (Å²) in [7, 11) is 0. The van der Waals surface area contributed by atoms with Crippen LogP contribution in [0.1, 0.15) is 41.6 Å². The van der Waals surface area contributed by atoms with E-state index in [0.29, 0.717) is 33.9 Å². The lowest BCUT2D eigenvalue weighted by atomic mass is 9.78. The molecule has 7 rings (SSSR count). The van der Waals surface area contributed by atoms with Crippen LogP contribution in [0.3, 0.4) is 0 Å². The molecule has 0 fully saturated rings. The minimum atomic E-state index is -0.681. The Balaban J connectivity index is 1.33. The number of hydrogen-bond acceptors (Lipinski definition) is 5. The molecule has 0 saturated heterocycles.